The molecule has 10 heteroatoms. The molecular formula is C22H30BrFN4O3S. The number of nitrogens with one attached hydrogen (secondary N) is 1. The molecule has 32 heavy (non-hydrogen) atoms. The van der Waals surface area contributed by atoms with Crippen LogP contribution in [-0.4, -0.2) is 43.3 Å². The average Bonchev–Trinajstić information content (AvgIpc) is 3.42. The SMILES string of the molecule is CC(C)(C)OC(=O)NC1=N[C@](C)(c2nc(Br)ccc2F)[C@@H]2CC3(CC3)CN=[S@]2(=O)C1(C)C. The number of alkyl carbamates (subject to hydrolysis) is 1. The molecule has 1 aromatic heterocycles. The zero-order valence-electron chi connectivity index (χ0n) is 19.3. The van der Waals surface area contributed by atoms with Crippen molar-refractivity contribution in [2.24, 2.45) is 14.8 Å². The number of halogens is 2. The molecule has 0 radical (unpaired) electrons. The number of pyridine rings is 1. The van der Waals surface area contributed by atoms with Crippen molar-refractivity contribution in [3.8, 4) is 0 Å². The second-order valence-electron chi connectivity index (χ2n) is 10.8. The van der Waals surface area contributed by atoms with E-state index >= 15 is 4.39 Å². The fourth-order valence-corrected chi connectivity index (χ4v) is 8.32. The highest BCUT2D eigenvalue weighted by atomic mass is 79.9. The topological polar surface area (TPSA) is 93.0 Å². The number of amides is 1. The highest BCUT2D eigenvalue weighted by molar-refractivity contribution is 9.10. The van der Waals surface area contributed by atoms with E-state index in [1.807, 2.05) is 0 Å². The molecule has 0 aromatic carbocycles. The molecule has 3 aliphatic rings. The Balaban J connectivity index is 1.90. The number of fused-ring (bicyclic) bond motifs is 1. The lowest BCUT2D eigenvalue weighted by Gasteiger charge is -2.49. The van der Waals surface area contributed by atoms with Crippen LogP contribution in [0.25, 0.3) is 0 Å². The van der Waals surface area contributed by atoms with Crippen molar-refractivity contribution in [3.05, 3.63) is 28.2 Å². The first-order chi connectivity index (χ1) is 14.6. The summed E-state index contributed by atoms with van der Waals surface area (Å²) in [5.74, 6) is -0.361. The van der Waals surface area contributed by atoms with Crippen molar-refractivity contribution in [1.82, 2.24) is 10.3 Å². The Labute approximate surface area is 197 Å². The van der Waals surface area contributed by atoms with Gasteiger partial charge in [-0.2, -0.15) is 0 Å². The number of hydrogen-bond donors (Lipinski definition) is 1. The van der Waals surface area contributed by atoms with E-state index in [1.165, 1.54) is 12.1 Å². The Bertz CT molecular complexity index is 1130. The maximum absolute atomic E-state index is 15.1. The molecule has 7 nitrogen and oxygen atoms in total. The number of aliphatic imine (C=N–C) groups is 1. The average molecular weight is 529 g/mol. The van der Waals surface area contributed by atoms with Gasteiger partial charge in [-0.15, -0.1) is 0 Å². The molecule has 0 bridgehead atoms. The number of amidine groups is 1. The van der Waals surface area contributed by atoms with Crippen molar-refractivity contribution >= 4 is 37.6 Å². The van der Waals surface area contributed by atoms with E-state index in [0.717, 1.165) is 12.8 Å². The van der Waals surface area contributed by atoms with Crippen LogP contribution in [0.1, 0.15) is 66.5 Å². The molecule has 1 fully saturated rings. The maximum Gasteiger partial charge on any atom is 0.413 e. The van der Waals surface area contributed by atoms with E-state index in [2.05, 4.69) is 26.2 Å². The Hall–Kier alpha value is -1.55. The number of nitrogens with zero attached hydrogens (tertiary/aromatic N) is 3. The highest BCUT2D eigenvalue weighted by Gasteiger charge is 2.62. The van der Waals surface area contributed by atoms with Gasteiger partial charge in [0.1, 0.15) is 37.8 Å². The molecule has 3 heterocycles. The van der Waals surface area contributed by atoms with E-state index in [0.29, 0.717) is 17.6 Å². The predicted molar refractivity (Wildman–Crippen MR) is 126 cm³/mol. The fourth-order valence-electron chi connectivity index (χ4n) is 4.59. The number of aromatic nitrogens is 1. The minimum atomic E-state index is -2.96. The number of rotatable bonds is 1. The summed E-state index contributed by atoms with van der Waals surface area (Å²) in [6.07, 6.45) is 1.96. The molecule has 2 aliphatic heterocycles. The lowest BCUT2D eigenvalue weighted by molar-refractivity contribution is 0.0560. The van der Waals surface area contributed by atoms with Gasteiger partial charge in [0, 0.05) is 0 Å². The molecule has 1 aromatic rings. The van der Waals surface area contributed by atoms with Crippen LogP contribution in [0.15, 0.2) is 26.1 Å². The Kier molecular flexibility index (Phi) is 5.33. The minimum absolute atomic E-state index is 0.0109. The minimum Gasteiger partial charge on any atom is -0.444 e. The van der Waals surface area contributed by atoms with Crippen molar-refractivity contribution in [2.75, 3.05) is 6.54 Å². The fraction of sp³-hybridized carbons (Fsp3) is 0.682. The van der Waals surface area contributed by atoms with Crippen LogP contribution in [0.3, 0.4) is 0 Å². The summed E-state index contributed by atoms with van der Waals surface area (Å²) in [5, 5.41) is 2.17. The third kappa shape index (κ3) is 3.77. The van der Waals surface area contributed by atoms with Crippen LogP contribution in [0.5, 0.6) is 0 Å². The molecule has 4 rings (SSSR count). The van der Waals surface area contributed by atoms with Gasteiger partial charge in [-0.05, 0) is 94.3 Å². The monoisotopic (exact) mass is 528 g/mol. The van der Waals surface area contributed by atoms with Gasteiger partial charge in [0.2, 0.25) is 0 Å². The number of hydrogen-bond acceptors (Lipinski definition) is 6. The van der Waals surface area contributed by atoms with Crippen LogP contribution < -0.4 is 5.32 Å². The first-order valence-electron chi connectivity index (χ1n) is 10.8. The van der Waals surface area contributed by atoms with Gasteiger partial charge in [-0.25, -0.2) is 22.7 Å². The van der Waals surface area contributed by atoms with Crippen LogP contribution >= 0.6 is 15.9 Å². The van der Waals surface area contributed by atoms with Crippen molar-refractivity contribution < 1.29 is 18.1 Å². The highest BCUT2D eigenvalue weighted by Crippen LogP contribution is 2.58. The molecule has 0 saturated heterocycles. The first kappa shape index (κ1) is 23.6. The van der Waals surface area contributed by atoms with Crippen LogP contribution in [0, 0.1) is 11.2 Å². The summed E-state index contributed by atoms with van der Waals surface area (Å²) < 4.78 is 39.3. The van der Waals surface area contributed by atoms with Gasteiger partial charge in [0.05, 0.1) is 21.5 Å². The lowest BCUT2D eigenvalue weighted by Crippen LogP contribution is -2.63. The standard InChI is InChI=1S/C22H30BrFN4O3S/c1-19(2,3)31-18(29)27-17-20(4,5)32(30)14(11-22(9-10-22)12-25-32)21(6,28-17)16-13(24)7-8-15(23)26-16/h7-8,14H,9-12H2,1-6H3,(H,27,28,29)/t14-,21-,32+/m0/s1. The largest absolute Gasteiger partial charge is 0.444 e. The molecule has 1 amide bonds. The summed E-state index contributed by atoms with van der Waals surface area (Å²) in [4.78, 5) is 21.9. The van der Waals surface area contributed by atoms with Gasteiger partial charge in [0.25, 0.3) is 0 Å². The summed E-state index contributed by atoms with van der Waals surface area (Å²) in [7, 11) is -2.96. The second-order valence-corrected chi connectivity index (χ2v) is 14.6. The van der Waals surface area contributed by atoms with E-state index in [4.69, 9.17) is 14.1 Å². The molecule has 1 spiro atoms. The smallest absolute Gasteiger partial charge is 0.413 e. The summed E-state index contributed by atoms with van der Waals surface area (Å²) >= 11 is 3.32. The van der Waals surface area contributed by atoms with Gasteiger partial charge in [-0.1, -0.05) is 0 Å². The Morgan fingerprint density at radius 2 is 1.94 bits per heavy atom. The maximum atomic E-state index is 15.1. The van der Waals surface area contributed by atoms with E-state index in [9.17, 15) is 9.00 Å². The third-order valence-electron chi connectivity index (χ3n) is 6.74. The van der Waals surface area contributed by atoms with E-state index in [1.54, 1.807) is 41.5 Å². The normalized spacial score (nSPS) is 32.4. The summed E-state index contributed by atoms with van der Waals surface area (Å²) in [6.45, 7) is 11.1. The summed E-state index contributed by atoms with van der Waals surface area (Å²) in [6, 6.07) is 2.84. The van der Waals surface area contributed by atoms with Crippen molar-refractivity contribution in [1.29, 1.82) is 0 Å². The van der Waals surface area contributed by atoms with E-state index < -0.39 is 42.8 Å². The van der Waals surface area contributed by atoms with Crippen LogP contribution in [0.4, 0.5) is 9.18 Å². The van der Waals surface area contributed by atoms with Crippen LogP contribution in [-0.2, 0) is 20.0 Å². The van der Waals surface area contributed by atoms with Crippen molar-refractivity contribution in [3.63, 3.8) is 0 Å². The van der Waals surface area contributed by atoms with E-state index in [-0.39, 0.29) is 16.9 Å². The number of carbonyl (C=O) groups excluding carboxylic acids is 1. The molecule has 1 N–H and O–H groups in total. The molecule has 1 saturated carbocycles. The molecular weight excluding hydrogens is 499 g/mol. The Morgan fingerprint density at radius 3 is 2.53 bits per heavy atom. The third-order valence-corrected chi connectivity index (χ3v) is 10.7. The predicted octanol–water partition coefficient (Wildman–Crippen LogP) is 4.93. The number of ether oxygens (including phenoxy) is 1. The van der Waals surface area contributed by atoms with Gasteiger partial charge in [0.15, 0.2) is 0 Å². The molecule has 1 aliphatic carbocycles. The zero-order chi connectivity index (χ0) is 23.7. The van der Waals surface area contributed by atoms with Crippen LogP contribution in [0.2, 0.25) is 0 Å². The second kappa shape index (κ2) is 7.22. The molecule has 3 atom stereocenters. The lowest BCUT2D eigenvalue weighted by atomic mass is 9.85. The van der Waals surface area contributed by atoms with Crippen molar-refractivity contribution in [2.45, 2.75) is 81.9 Å². The first-order valence-corrected chi connectivity index (χ1v) is 13.1. The van der Waals surface area contributed by atoms with Gasteiger partial charge < -0.3 is 4.74 Å². The Morgan fingerprint density at radius 1 is 1.28 bits per heavy atom. The van der Waals surface area contributed by atoms with Gasteiger partial charge in [-0.3, -0.25) is 10.3 Å². The molecule has 0 unspecified atom stereocenters. The zero-order valence-corrected chi connectivity index (χ0v) is 21.7. The quantitative estimate of drug-likeness (QED) is 0.522. The number of carbonyl (C=O) groups is 1. The summed E-state index contributed by atoms with van der Waals surface area (Å²) in [5.41, 5.74) is -1.89. The molecule has 176 valence electrons. The van der Waals surface area contributed by atoms with Gasteiger partial charge >= 0.3 is 6.09 Å².